The first-order chi connectivity index (χ1) is 24.2. The van der Waals surface area contributed by atoms with Crippen LogP contribution in [0.15, 0.2) is 5.16 Å². The van der Waals surface area contributed by atoms with Gasteiger partial charge < -0.3 is 48.9 Å². The molecule has 2 aliphatic rings. The maximum Gasteiger partial charge on any atom is 0.311 e. The Labute approximate surface area is 316 Å². The van der Waals surface area contributed by atoms with Crippen molar-refractivity contribution >= 4 is 11.7 Å². The van der Waals surface area contributed by atoms with E-state index in [1.165, 1.54) is 0 Å². The zero-order valence-corrected chi connectivity index (χ0v) is 35.4. The van der Waals surface area contributed by atoms with Crippen LogP contribution in [0.25, 0.3) is 0 Å². The second-order valence-electron chi connectivity index (χ2n) is 14.9. The third kappa shape index (κ3) is 17.1. The Bertz CT molecular complexity index is 1050. The zero-order valence-electron chi connectivity index (χ0n) is 35.4. The molecule has 12 nitrogen and oxygen atoms in total. The van der Waals surface area contributed by atoms with E-state index in [0.29, 0.717) is 38.4 Å². The molecule has 2 aliphatic heterocycles. The lowest BCUT2D eigenvalue weighted by Gasteiger charge is -2.42. The van der Waals surface area contributed by atoms with Crippen molar-refractivity contribution in [1.82, 2.24) is 0 Å². The first kappa shape index (κ1) is 52.3. The third-order valence-electron chi connectivity index (χ3n) is 10.1. The van der Waals surface area contributed by atoms with Crippen LogP contribution >= 0.6 is 0 Å². The number of rotatable bonds is 8. The molecular weight excluding hydrogens is 670 g/mol. The van der Waals surface area contributed by atoms with E-state index in [9.17, 15) is 25.2 Å². The number of cyclic esters (lactones) is 1. The molecule has 52 heavy (non-hydrogen) atoms. The molecule has 0 saturated carbocycles. The van der Waals surface area contributed by atoms with Crippen LogP contribution < -0.4 is 0 Å². The first-order valence-corrected chi connectivity index (χ1v) is 18.9. The van der Waals surface area contributed by atoms with E-state index in [2.05, 4.69) is 17.0 Å². The van der Waals surface area contributed by atoms with Crippen molar-refractivity contribution < 1.29 is 53.7 Å². The van der Waals surface area contributed by atoms with Crippen molar-refractivity contribution in [2.24, 2.45) is 34.2 Å². The molecule has 0 spiro atoms. The van der Waals surface area contributed by atoms with Crippen LogP contribution in [0, 0.1) is 40.9 Å². The van der Waals surface area contributed by atoms with E-state index in [4.69, 9.17) is 28.5 Å². The van der Waals surface area contributed by atoms with Gasteiger partial charge in [0, 0.05) is 44.5 Å². The lowest BCUT2D eigenvalue weighted by molar-refractivity contribution is -0.188. The average Bonchev–Trinajstić information content (AvgIpc) is 3.11. The molecule has 2 fully saturated rings. The summed E-state index contributed by atoms with van der Waals surface area (Å²) in [6, 6.07) is 0. The molecule has 12 heteroatoms. The van der Waals surface area contributed by atoms with Gasteiger partial charge in [-0.2, -0.15) is 0 Å². The van der Waals surface area contributed by atoms with Crippen LogP contribution in [-0.2, 0) is 33.3 Å². The number of hydrogen-bond donors (Lipinski definition) is 4. The average molecular weight is 748 g/mol. The summed E-state index contributed by atoms with van der Waals surface area (Å²) in [7, 11) is 3.21. The molecule has 11 atom stereocenters. The summed E-state index contributed by atoms with van der Waals surface area (Å²) in [5, 5.41) is 47.5. The maximum absolute atomic E-state index is 12.9. The van der Waals surface area contributed by atoms with Crippen molar-refractivity contribution in [2.75, 3.05) is 40.8 Å². The number of esters is 1. The van der Waals surface area contributed by atoms with Gasteiger partial charge in [-0.3, -0.25) is 4.79 Å². The number of carbonyl (C=O) groups is 1. The van der Waals surface area contributed by atoms with Crippen LogP contribution in [-0.4, -0.2) is 115 Å². The normalized spacial score (nSPS) is 36.0. The van der Waals surface area contributed by atoms with E-state index >= 15 is 0 Å². The first-order valence-electron chi connectivity index (χ1n) is 18.9. The van der Waals surface area contributed by atoms with Crippen molar-refractivity contribution in [3.05, 3.63) is 0 Å². The lowest BCUT2D eigenvalue weighted by atomic mass is 9.70. The predicted molar refractivity (Wildman–Crippen MR) is 206 cm³/mol. The van der Waals surface area contributed by atoms with E-state index in [1.54, 1.807) is 28.1 Å². The molecule has 1 unspecified atom stereocenters. The Morgan fingerprint density at radius 1 is 0.904 bits per heavy atom. The van der Waals surface area contributed by atoms with Crippen LogP contribution in [0.1, 0.15) is 123 Å². The maximum atomic E-state index is 12.9. The van der Waals surface area contributed by atoms with Crippen LogP contribution in [0.2, 0.25) is 0 Å². The number of hydrogen-bond acceptors (Lipinski definition) is 12. The van der Waals surface area contributed by atoms with Crippen molar-refractivity contribution in [2.45, 2.75) is 164 Å². The fourth-order valence-electron chi connectivity index (χ4n) is 6.67. The molecule has 0 bridgehead atoms. The van der Waals surface area contributed by atoms with Gasteiger partial charge in [0.2, 0.25) is 6.79 Å². The summed E-state index contributed by atoms with van der Waals surface area (Å²) in [5.74, 6) is 3.05. The molecule has 2 heterocycles. The second kappa shape index (κ2) is 26.1. The van der Waals surface area contributed by atoms with Crippen molar-refractivity contribution in [1.29, 1.82) is 0 Å². The Hall–Kier alpha value is -1.82. The van der Waals surface area contributed by atoms with E-state index in [1.807, 2.05) is 83.1 Å². The van der Waals surface area contributed by atoms with Gasteiger partial charge in [-0.1, -0.05) is 60.5 Å². The Morgan fingerprint density at radius 3 is 1.96 bits per heavy atom. The molecule has 2 rings (SSSR count). The van der Waals surface area contributed by atoms with Gasteiger partial charge in [-0.25, -0.2) is 0 Å². The number of carbonyl (C=O) groups excluding carboxylic acids is 1. The lowest BCUT2D eigenvalue weighted by Crippen LogP contribution is -2.52. The fourth-order valence-corrected chi connectivity index (χ4v) is 6.67. The summed E-state index contributed by atoms with van der Waals surface area (Å²) in [4.78, 5) is 18.3. The molecule has 2 saturated heterocycles. The zero-order chi connectivity index (χ0) is 40.9. The topological polar surface area (TPSA) is 166 Å². The van der Waals surface area contributed by atoms with Crippen molar-refractivity contribution in [3.63, 3.8) is 0 Å². The number of ether oxygens (including phenoxy) is 5. The standard InChI is InChI=1S/C26H49NO8.C8H16O3.C4H6.C2H6/c1-10-20-25(6,7)23(29)18(4)21(27-34-15-33-12-11-32-9)16(2)13-26(8,31)14-17(3)22(28)19(5)24(30)35-20;1-6-7(9)8(2,10-3)4-5-11-6;1-3-4-2;1-2/h16-20,22-23,28-29,31H,10-15H2,1-9H3;6-7,9H,4-5H2,1-3H3;1-2H3;1-2H3/b27-21+;;;/t16-,17-,18?,19-,20-,22+,23-,26-;6-,7-,8+;;/m10../s1. The number of oxime groups is 1. The van der Waals surface area contributed by atoms with Gasteiger partial charge in [0.15, 0.2) is 0 Å². The Kier molecular flexibility index (Phi) is 26.2. The number of nitrogens with zero attached hydrogens (tertiary/aromatic N) is 1. The quantitative estimate of drug-likeness (QED) is 0.0785. The van der Waals surface area contributed by atoms with Gasteiger partial charge in [0.1, 0.15) is 12.2 Å². The van der Waals surface area contributed by atoms with E-state index < -0.39 is 58.8 Å². The minimum absolute atomic E-state index is 0.0709. The monoisotopic (exact) mass is 748 g/mol. The van der Waals surface area contributed by atoms with Crippen LogP contribution in [0.5, 0.6) is 0 Å². The van der Waals surface area contributed by atoms with E-state index in [-0.39, 0.29) is 31.2 Å². The molecule has 308 valence electrons. The molecule has 4 N–H and O–H groups in total. The van der Waals surface area contributed by atoms with Crippen LogP contribution in [0.3, 0.4) is 0 Å². The number of methoxy groups -OCH3 is 2. The molecule has 0 aliphatic carbocycles. The summed E-state index contributed by atoms with van der Waals surface area (Å²) < 4.78 is 26.6. The highest BCUT2D eigenvalue weighted by Crippen LogP contribution is 2.38. The van der Waals surface area contributed by atoms with Gasteiger partial charge in [0.05, 0.1) is 54.4 Å². The van der Waals surface area contributed by atoms with Gasteiger partial charge in [-0.15, -0.1) is 11.8 Å². The molecule has 0 aromatic carbocycles. The molecular formula is C40H77NO11. The summed E-state index contributed by atoms with van der Waals surface area (Å²) in [6.45, 7) is 27.4. The Morgan fingerprint density at radius 2 is 1.48 bits per heavy atom. The van der Waals surface area contributed by atoms with E-state index in [0.717, 1.165) is 6.42 Å². The minimum atomic E-state index is -1.14. The second-order valence-corrected chi connectivity index (χ2v) is 14.9. The van der Waals surface area contributed by atoms with Gasteiger partial charge in [-0.05, 0) is 66.7 Å². The summed E-state index contributed by atoms with van der Waals surface area (Å²) in [6.07, 6.45) is -1.22. The predicted octanol–water partition coefficient (Wildman–Crippen LogP) is 5.76. The highest BCUT2D eigenvalue weighted by Gasteiger charge is 2.45. The molecule has 0 radical (unpaired) electrons. The largest absolute Gasteiger partial charge is 0.461 e. The number of aliphatic hydroxyl groups is 4. The highest BCUT2D eigenvalue weighted by atomic mass is 16.7. The summed E-state index contributed by atoms with van der Waals surface area (Å²) >= 11 is 0. The molecule has 0 aromatic rings. The smallest absolute Gasteiger partial charge is 0.311 e. The third-order valence-corrected chi connectivity index (χ3v) is 10.1. The molecule has 0 aromatic heterocycles. The van der Waals surface area contributed by atoms with Gasteiger partial charge in [0.25, 0.3) is 0 Å². The molecule has 0 amide bonds. The highest BCUT2D eigenvalue weighted by molar-refractivity contribution is 5.88. The minimum Gasteiger partial charge on any atom is -0.461 e. The van der Waals surface area contributed by atoms with Crippen molar-refractivity contribution in [3.8, 4) is 11.8 Å². The fraction of sp³-hybridized carbons (Fsp3) is 0.900. The van der Waals surface area contributed by atoms with Gasteiger partial charge >= 0.3 is 5.97 Å². The number of aliphatic hydroxyl groups excluding tert-OH is 3. The summed E-state index contributed by atoms with van der Waals surface area (Å²) in [5.41, 5.74) is -1.80. The Balaban J connectivity index is 0. The van der Waals surface area contributed by atoms with Crippen LogP contribution in [0.4, 0.5) is 0 Å². The SMILES string of the molecule is CC.CC#CC.CC[C@H]1OC(=O)[C@H](C)[C@@H](O)[C@H](C)C[C@](C)(O)C[C@@H](C)/C(=N\OCOCCOC)C(C)[C@@H](O)C1(C)C.CO[C@]1(C)CCO[C@@H](C)[C@@H]1O.